The van der Waals surface area contributed by atoms with Gasteiger partial charge in [0.1, 0.15) is 0 Å². The van der Waals surface area contributed by atoms with Crippen LogP contribution in [0.2, 0.25) is 0 Å². The van der Waals surface area contributed by atoms with Gasteiger partial charge in [0, 0.05) is 57.8 Å². The molecule has 1 aromatic rings. The van der Waals surface area contributed by atoms with Crippen molar-refractivity contribution >= 4 is 17.5 Å². The van der Waals surface area contributed by atoms with Crippen molar-refractivity contribution in [3.8, 4) is 0 Å². The molecule has 1 saturated carbocycles. The molecule has 3 fully saturated rings. The highest BCUT2D eigenvalue weighted by Crippen LogP contribution is 2.40. The second-order valence-corrected chi connectivity index (χ2v) is 9.37. The number of hydrogen-bond donors (Lipinski definition) is 0. The first-order chi connectivity index (χ1) is 13.4. The van der Waals surface area contributed by atoms with Gasteiger partial charge in [0.2, 0.25) is 11.8 Å². The van der Waals surface area contributed by atoms with Crippen LogP contribution in [-0.2, 0) is 16.0 Å². The van der Waals surface area contributed by atoms with Crippen LogP contribution in [0, 0.1) is 11.3 Å². The van der Waals surface area contributed by atoms with Crippen molar-refractivity contribution in [3.63, 3.8) is 0 Å². The average molecular weight is 384 g/mol. The van der Waals surface area contributed by atoms with Crippen LogP contribution in [0.25, 0.3) is 0 Å². The number of carbonyl (C=O) groups excluding carboxylic acids is 2. The molecule has 2 aliphatic heterocycles. The maximum absolute atomic E-state index is 13.0. The van der Waals surface area contributed by atoms with Crippen LogP contribution < -0.4 is 4.90 Å². The fourth-order valence-corrected chi connectivity index (χ4v) is 4.83. The van der Waals surface area contributed by atoms with E-state index < -0.39 is 0 Å². The Bertz CT molecular complexity index is 726. The SMILES string of the molecule is CN(C)c1ccc(CC(=O)N2CCC[C@]3(CCC(=O)N(CC4CC4)C3)C2)cc1. The highest BCUT2D eigenvalue weighted by molar-refractivity contribution is 5.79. The van der Waals surface area contributed by atoms with E-state index in [0.29, 0.717) is 18.7 Å². The van der Waals surface area contributed by atoms with Crippen molar-refractivity contribution in [1.29, 1.82) is 0 Å². The molecule has 2 saturated heterocycles. The lowest BCUT2D eigenvalue weighted by Crippen LogP contribution is -2.55. The van der Waals surface area contributed by atoms with Crippen LogP contribution in [0.1, 0.15) is 44.1 Å². The molecule has 1 aliphatic carbocycles. The Morgan fingerprint density at radius 2 is 1.89 bits per heavy atom. The zero-order chi connectivity index (χ0) is 19.7. The Balaban J connectivity index is 1.38. The van der Waals surface area contributed by atoms with Gasteiger partial charge in [-0.15, -0.1) is 0 Å². The molecule has 5 heteroatoms. The third-order valence-corrected chi connectivity index (χ3v) is 6.75. The minimum Gasteiger partial charge on any atom is -0.378 e. The van der Waals surface area contributed by atoms with E-state index in [-0.39, 0.29) is 11.3 Å². The number of carbonyl (C=O) groups is 2. The van der Waals surface area contributed by atoms with Crippen LogP contribution in [-0.4, -0.2) is 61.9 Å². The maximum atomic E-state index is 13.0. The van der Waals surface area contributed by atoms with Gasteiger partial charge in [-0.3, -0.25) is 9.59 Å². The van der Waals surface area contributed by atoms with Crippen molar-refractivity contribution in [3.05, 3.63) is 29.8 Å². The van der Waals surface area contributed by atoms with Gasteiger partial charge in [-0.2, -0.15) is 0 Å². The van der Waals surface area contributed by atoms with E-state index in [0.717, 1.165) is 62.6 Å². The number of nitrogens with zero attached hydrogens (tertiary/aromatic N) is 3. The molecule has 1 aromatic carbocycles. The molecule has 0 aromatic heterocycles. The summed E-state index contributed by atoms with van der Waals surface area (Å²) in [5.41, 5.74) is 2.34. The second kappa shape index (κ2) is 7.76. The third kappa shape index (κ3) is 4.34. The number of amides is 2. The van der Waals surface area contributed by atoms with Crippen molar-refractivity contribution < 1.29 is 9.59 Å². The quantitative estimate of drug-likeness (QED) is 0.785. The van der Waals surface area contributed by atoms with Crippen molar-refractivity contribution in [2.24, 2.45) is 11.3 Å². The summed E-state index contributed by atoms with van der Waals surface area (Å²) in [4.78, 5) is 31.6. The monoisotopic (exact) mass is 383 g/mol. The van der Waals surface area contributed by atoms with E-state index >= 15 is 0 Å². The second-order valence-electron chi connectivity index (χ2n) is 9.37. The Kier molecular flexibility index (Phi) is 5.35. The average Bonchev–Trinajstić information content (AvgIpc) is 3.49. The summed E-state index contributed by atoms with van der Waals surface area (Å²) in [6.45, 7) is 3.46. The smallest absolute Gasteiger partial charge is 0.227 e. The molecule has 5 nitrogen and oxygen atoms in total. The lowest BCUT2D eigenvalue weighted by atomic mass is 9.73. The fourth-order valence-electron chi connectivity index (χ4n) is 4.83. The first kappa shape index (κ1) is 19.3. The molecule has 28 heavy (non-hydrogen) atoms. The van der Waals surface area contributed by atoms with Crippen LogP contribution >= 0.6 is 0 Å². The predicted octanol–water partition coefficient (Wildman–Crippen LogP) is 2.94. The van der Waals surface area contributed by atoms with Gasteiger partial charge in [-0.25, -0.2) is 0 Å². The Labute approximate surface area is 168 Å². The largest absolute Gasteiger partial charge is 0.378 e. The Morgan fingerprint density at radius 3 is 2.57 bits per heavy atom. The number of anilines is 1. The standard InChI is InChI=1S/C23H33N3O2/c1-24(2)20-8-6-18(7-9-20)14-22(28)25-13-3-11-23(16-25)12-10-21(27)26(17-23)15-19-4-5-19/h6-9,19H,3-5,10-17H2,1-2H3/t23-/m0/s1. The molecule has 0 radical (unpaired) electrons. The number of rotatable bonds is 5. The minimum atomic E-state index is 0.117. The molecule has 0 unspecified atom stereocenters. The van der Waals surface area contributed by atoms with Gasteiger partial charge in [0.25, 0.3) is 0 Å². The first-order valence-electron chi connectivity index (χ1n) is 10.8. The number of likely N-dealkylation sites (tertiary alicyclic amines) is 2. The van der Waals surface area contributed by atoms with E-state index in [9.17, 15) is 9.59 Å². The summed E-state index contributed by atoms with van der Waals surface area (Å²) in [6.07, 6.45) is 6.80. The van der Waals surface area contributed by atoms with Crippen LogP contribution in [0.3, 0.4) is 0 Å². The molecule has 4 rings (SSSR count). The Morgan fingerprint density at radius 1 is 1.14 bits per heavy atom. The lowest BCUT2D eigenvalue weighted by Gasteiger charge is -2.48. The molecule has 2 amide bonds. The van der Waals surface area contributed by atoms with Gasteiger partial charge in [-0.1, -0.05) is 12.1 Å². The molecule has 0 N–H and O–H groups in total. The summed E-state index contributed by atoms with van der Waals surface area (Å²) >= 11 is 0. The zero-order valence-corrected chi connectivity index (χ0v) is 17.3. The maximum Gasteiger partial charge on any atom is 0.227 e. The molecule has 1 atom stereocenters. The molecular formula is C23H33N3O2. The van der Waals surface area contributed by atoms with Gasteiger partial charge >= 0.3 is 0 Å². The van der Waals surface area contributed by atoms with Gasteiger partial charge in [-0.05, 0) is 55.7 Å². The molecular weight excluding hydrogens is 350 g/mol. The first-order valence-corrected chi connectivity index (χ1v) is 10.8. The van der Waals surface area contributed by atoms with Gasteiger partial charge in [0.15, 0.2) is 0 Å². The minimum absolute atomic E-state index is 0.117. The summed E-state index contributed by atoms with van der Waals surface area (Å²) in [7, 11) is 4.05. The number of piperidine rings is 2. The topological polar surface area (TPSA) is 43.9 Å². The number of hydrogen-bond acceptors (Lipinski definition) is 3. The van der Waals surface area contributed by atoms with Crippen molar-refractivity contribution in [2.45, 2.75) is 44.9 Å². The van der Waals surface area contributed by atoms with Gasteiger partial charge in [0.05, 0.1) is 6.42 Å². The Hall–Kier alpha value is -2.04. The summed E-state index contributed by atoms with van der Waals surface area (Å²) < 4.78 is 0. The normalized spacial score (nSPS) is 25.3. The van der Waals surface area contributed by atoms with Crippen LogP contribution in [0.5, 0.6) is 0 Å². The van der Waals surface area contributed by atoms with Crippen molar-refractivity contribution in [2.75, 3.05) is 45.2 Å². The lowest BCUT2D eigenvalue weighted by molar-refractivity contribution is -0.143. The summed E-state index contributed by atoms with van der Waals surface area (Å²) in [5.74, 6) is 1.27. The van der Waals surface area contributed by atoms with E-state index in [1.807, 2.05) is 14.1 Å². The van der Waals surface area contributed by atoms with E-state index in [1.54, 1.807) is 0 Å². The predicted molar refractivity (Wildman–Crippen MR) is 111 cm³/mol. The van der Waals surface area contributed by atoms with E-state index in [1.165, 1.54) is 12.8 Å². The molecule has 2 heterocycles. The van der Waals surface area contributed by atoms with Crippen molar-refractivity contribution in [1.82, 2.24) is 9.80 Å². The third-order valence-electron chi connectivity index (χ3n) is 6.75. The fraction of sp³-hybridized carbons (Fsp3) is 0.652. The molecule has 0 bridgehead atoms. The molecule has 1 spiro atoms. The summed E-state index contributed by atoms with van der Waals surface area (Å²) in [5, 5.41) is 0. The van der Waals surface area contributed by atoms with Crippen LogP contribution in [0.15, 0.2) is 24.3 Å². The highest BCUT2D eigenvalue weighted by Gasteiger charge is 2.43. The zero-order valence-electron chi connectivity index (χ0n) is 17.3. The summed E-state index contributed by atoms with van der Waals surface area (Å²) in [6, 6.07) is 8.26. The molecule has 152 valence electrons. The van der Waals surface area contributed by atoms with Gasteiger partial charge < -0.3 is 14.7 Å². The highest BCUT2D eigenvalue weighted by atomic mass is 16.2. The number of benzene rings is 1. The van der Waals surface area contributed by atoms with E-state index in [2.05, 4.69) is 39.0 Å². The molecule has 3 aliphatic rings. The van der Waals surface area contributed by atoms with E-state index in [4.69, 9.17) is 0 Å². The van der Waals surface area contributed by atoms with Crippen LogP contribution in [0.4, 0.5) is 5.69 Å².